The second-order valence-electron chi connectivity index (χ2n) is 5.72. The molecule has 4 fully saturated rings. The van der Waals surface area contributed by atoms with Gasteiger partial charge in [0, 0.05) is 5.92 Å². The van der Waals surface area contributed by atoms with E-state index in [0.29, 0.717) is 31.0 Å². The molecule has 3 aliphatic carbocycles. The molecule has 4 aliphatic rings. The van der Waals surface area contributed by atoms with Crippen molar-refractivity contribution in [2.45, 2.75) is 38.9 Å². The summed E-state index contributed by atoms with van der Waals surface area (Å²) in [5.74, 6) is 1.13. The van der Waals surface area contributed by atoms with Crippen LogP contribution in [0.3, 0.4) is 0 Å². The molecule has 4 atom stereocenters. The van der Waals surface area contributed by atoms with E-state index in [0.717, 1.165) is 6.42 Å². The molecule has 0 amide bonds. The maximum Gasteiger partial charge on any atom is 0.438 e. The topological polar surface area (TPSA) is 18.5 Å². The molecule has 1 aliphatic heterocycles. The van der Waals surface area contributed by atoms with Crippen LogP contribution in [0.1, 0.15) is 27.2 Å². The first-order valence-corrected chi connectivity index (χ1v) is 5.42. The first-order valence-electron chi connectivity index (χ1n) is 5.42. The van der Waals surface area contributed by atoms with Crippen molar-refractivity contribution in [3.63, 3.8) is 0 Å². The lowest BCUT2D eigenvalue weighted by molar-refractivity contribution is -0.151. The number of hydrogen-bond donors (Lipinski definition) is 0. The van der Waals surface area contributed by atoms with Gasteiger partial charge in [-0.05, 0) is 24.7 Å². The van der Waals surface area contributed by atoms with E-state index in [4.69, 9.17) is 9.31 Å². The fraction of sp³-hybridized carbons (Fsp3) is 0.818. The van der Waals surface area contributed by atoms with Gasteiger partial charge in [-0.3, -0.25) is 0 Å². The van der Waals surface area contributed by atoms with Crippen molar-refractivity contribution in [3.8, 4) is 0 Å². The van der Waals surface area contributed by atoms with Gasteiger partial charge in [0.25, 0.3) is 0 Å². The summed E-state index contributed by atoms with van der Waals surface area (Å²) in [6, 6.07) is 0. The average Bonchev–Trinajstić information content (AvgIpc) is 2.44. The fourth-order valence-corrected chi connectivity index (χ4v) is 4.11. The van der Waals surface area contributed by atoms with Crippen LogP contribution in [-0.4, -0.2) is 19.4 Å². The summed E-state index contributed by atoms with van der Waals surface area (Å²) >= 11 is 0. The SMILES string of the molecule is C=C1[C@H]2C[C@H]3OBO[C@@]3(C)[C@@H]1C2(C)C. The normalized spacial score (nSPS) is 53.4. The molecule has 0 unspecified atom stereocenters. The molecule has 4 rings (SSSR count). The first kappa shape index (κ1) is 8.99. The van der Waals surface area contributed by atoms with E-state index in [1.807, 2.05) is 0 Å². The largest absolute Gasteiger partial charge is 0.438 e. The Labute approximate surface area is 86.0 Å². The molecule has 0 spiro atoms. The summed E-state index contributed by atoms with van der Waals surface area (Å²) in [5, 5.41) is 0. The standard InChI is InChI=1S/C11H17BO2/c1-6-7-5-8-11(4,14-12-13-8)9(6)10(7,2)3/h7-9,12H,1,5H2,2-4H3/t7-,8-,9+,11-/m1/s1. The van der Waals surface area contributed by atoms with Gasteiger partial charge < -0.3 is 9.31 Å². The Morgan fingerprint density at radius 3 is 2.79 bits per heavy atom. The third-order valence-corrected chi connectivity index (χ3v) is 4.76. The Kier molecular flexibility index (Phi) is 1.46. The van der Waals surface area contributed by atoms with Crippen molar-refractivity contribution >= 4 is 7.69 Å². The second kappa shape index (κ2) is 2.28. The van der Waals surface area contributed by atoms with E-state index in [1.54, 1.807) is 0 Å². The molecule has 3 saturated carbocycles. The van der Waals surface area contributed by atoms with E-state index < -0.39 is 0 Å². The summed E-state index contributed by atoms with van der Waals surface area (Å²) in [4.78, 5) is 0. The van der Waals surface area contributed by atoms with Crippen molar-refractivity contribution in [1.82, 2.24) is 0 Å². The quantitative estimate of drug-likeness (QED) is 0.429. The van der Waals surface area contributed by atoms with Crippen molar-refractivity contribution in [2.24, 2.45) is 17.3 Å². The molecule has 76 valence electrons. The third-order valence-electron chi connectivity index (χ3n) is 4.76. The molecule has 0 aromatic heterocycles. The van der Waals surface area contributed by atoms with Crippen LogP contribution in [0.2, 0.25) is 0 Å². The van der Waals surface area contributed by atoms with Gasteiger partial charge >= 0.3 is 7.69 Å². The van der Waals surface area contributed by atoms with Gasteiger partial charge in [-0.15, -0.1) is 0 Å². The van der Waals surface area contributed by atoms with E-state index in [-0.39, 0.29) is 5.60 Å². The zero-order chi connectivity index (χ0) is 10.1. The molecule has 3 heteroatoms. The van der Waals surface area contributed by atoms with Crippen molar-refractivity contribution in [3.05, 3.63) is 12.2 Å². The summed E-state index contributed by atoms with van der Waals surface area (Å²) in [7, 11) is 0.466. The van der Waals surface area contributed by atoms with E-state index >= 15 is 0 Å². The van der Waals surface area contributed by atoms with Gasteiger partial charge in [-0.2, -0.15) is 0 Å². The van der Waals surface area contributed by atoms with Crippen LogP contribution in [0.4, 0.5) is 0 Å². The van der Waals surface area contributed by atoms with E-state index in [2.05, 4.69) is 27.4 Å². The molecule has 1 saturated heterocycles. The zero-order valence-electron chi connectivity index (χ0n) is 9.17. The summed E-state index contributed by atoms with van der Waals surface area (Å²) < 4.78 is 11.5. The molecular weight excluding hydrogens is 175 g/mol. The van der Waals surface area contributed by atoms with Gasteiger partial charge in [0.1, 0.15) is 0 Å². The van der Waals surface area contributed by atoms with Crippen molar-refractivity contribution in [2.75, 3.05) is 0 Å². The molecular formula is C11H17BO2. The highest BCUT2D eigenvalue weighted by atomic mass is 16.6. The van der Waals surface area contributed by atoms with Crippen LogP contribution in [0.5, 0.6) is 0 Å². The first-order chi connectivity index (χ1) is 6.48. The number of rotatable bonds is 0. The highest BCUT2D eigenvalue weighted by Crippen LogP contribution is 2.67. The molecule has 0 aromatic carbocycles. The van der Waals surface area contributed by atoms with Crippen LogP contribution in [0, 0.1) is 17.3 Å². The minimum Gasteiger partial charge on any atom is -0.408 e. The monoisotopic (exact) mass is 192 g/mol. The molecule has 2 bridgehead atoms. The Hall–Kier alpha value is -0.275. The van der Waals surface area contributed by atoms with Crippen molar-refractivity contribution < 1.29 is 9.31 Å². The van der Waals surface area contributed by atoms with Gasteiger partial charge in [0.15, 0.2) is 0 Å². The minimum absolute atomic E-state index is 0.102. The van der Waals surface area contributed by atoms with Gasteiger partial charge in [0.05, 0.1) is 11.7 Å². The van der Waals surface area contributed by atoms with Crippen LogP contribution < -0.4 is 0 Å². The van der Waals surface area contributed by atoms with Gasteiger partial charge in [-0.25, -0.2) is 0 Å². The predicted molar refractivity (Wildman–Crippen MR) is 56.0 cm³/mol. The van der Waals surface area contributed by atoms with Gasteiger partial charge in [-0.1, -0.05) is 26.0 Å². The highest BCUT2D eigenvalue weighted by molar-refractivity contribution is 6.19. The fourth-order valence-electron chi connectivity index (χ4n) is 4.11. The summed E-state index contributed by atoms with van der Waals surface area (Å²) in [6.45, 7) is 11.1. The van der Waals surface area contributed by atoms with E-state index in [9.17, 15) is 0 Å². The zero-order valence-corrected chi connectivity index (χ0v) is 9.17. The Morgan fingerprint density at radius 1 is 1.43 bits per heavy atom. The molecule has 0 N–H and O–H groups in total. The molecule has 2 nitrogen and oxygen atoms in total. The molecule has 14 heavy (non-hydrogen) atoms. The van der Waals surface area contributed by atoms with Gasteiger partial charge in [0.2, 0.25) is 0 Å². The molecule has 0 radical (unpaired) electrons. The highest BCUT2D eigenvalue weighted by Gasteiger charge is 2.67. The third kappa shape index (κ3) is 0.739. The second-order valence-corrected chi connectivity index (χ2v) is 5.72. The Morgan fingerprint density at radius 2 is 2.14 bits per heavy atom. The summed E-state index contributed by atoms with van der Waals surface area (Å²) in [5.41, 5.74) is 1.64. The Bertz CT molecular complexity index is 312. The maximum atomic E-state index is 5.82. The van der Waals surface area contributed by atoms with E-state index in [1.165, 1.54) is 5.57 Å². The predicted octanol–water partition coefficient (Wildman–Crippen LogP) is 1.66. The average molecular weight is 192 g/mol. The van der Waals surface area contributed by atoms with Crippen LogP contribution in [-0.2, 0) is 9.31 Å². The summed E-state index contributed by atoms with van der Waals surface area (Å²) in [6.07, 6.45) is 1.40. The molecule has 0 aromatic rings. The smallest absolute Gasteiger partial charge is 0.408 e. The number of hydrogen-bond acceptors (Lipinski definition) is 2. The lowest BCUT2D eigenvalue weighted by Gasteiger charge is -2.66. The van der Waals surface area contributed by atoms with Crippen LogP contribution in [0.25, 0.3) is 0 Å². The van der Waals surface area contributed by atoms with Crippen LogP contribution in [0.15, 0.2) is 12.2 Å². The Balaban J connectivity index is 2.04. The molecule has 1 heterocycles. The van der Waals surface area contributed by atoms with Crippen molar-refractivity contribution in [1.29, 1.82) is 0 Å². The lowest BCUT2D eigenvalue weighted by atomic mass is 9.41. The maximum absolute atomic E-state index is 5.82. The van der Waals surface area contributed by atoms with Crippen LogP contribution >= 0.6 is 0 Å². The minimum atomic E-state index is -0.102. The lowest BCUT2D eigenvalue weighted by Crippen LogP contribution is -2.66.